The first-order valence-electron chi connectivity index (χ1n) is 10.2. The molecular weight excluding hydrogens is 378 g/mol. The molecule has 2 N–H and O–H groups in total. The Bertz CT molecular complexity index is 690. The van der Waals surface area contributed by atoms with E-state index in [9.17, 15) is 4.21 Å². The van der Waals surface area contributed by atoms with E-state index in [1.54, 1.807) is 0 Å². The van der Waals surface area contributed by atoms with Crippen LogP contribution in [0.1, 0.15) is 57.9 Å². The standard InChI is InChI=1S/C21H32ClN3OS/c1-3-23-20(25-18-9-6-10-19(14-18)27(26)4-2)24-15-21(11-12-21)16-7-5-8-17(22)13-16/h5,7-8,13,18-19H,3-4,6,9-12,14-15H2,1-2H3,(H2,23,24,25). The van der Waals surface area contributed by atoms with Crippen molar-refractivity contribution in [3.05, 3.63) is 34.9 Å². The van der Waals surface area contributed by atoms with E-state index in [4.69, 9.17) is 16.6 Å². The van der Waals surface area contributed by atoms with E-state index in [1.807, 2.05) is 19.1 Å². The fraction of sp³-hybridized carbons (Fsp3) is 0.667. The summed E-state index contributed by atoms with van der Waals surface area (Å²) in [7, 11) is -0.700. The van der Waals surface area contributed by atoms with Crippen LogP contribution in [0.5, 0.6) is 0 Å². The lowest BCUT2D eigenvalue weighted by Crippen LogP contribution is -2.47. The van der Waals surface area contributed by atoms with Crippen LogP contribution in [0.2, 0.25) is 5.02 Å². The number of nitrogens with zero attached hydrogens (tertiary/aromatic N) is 1. The lowest BCUT2D eigenvalue weighted by Gasteiger charge is -2.30. The third kappa shape index (κ3) is 5.47. The number of halogens is 1. The van der Waals surface area contributed by atoms with Crippen molar-refractivity contribution < 1.29 is 4.21 Å². The van der Waals surface area contributed by atoms with Gasteiger partial charge in [-0.25, -0.2) is 0 Å². The van der Waals surface area contributed by atoms with Gasteiger partial charge in [0.2, 0.25) is 0 Å². The molecule has 6 heteroatoms. The zero-order valence-corrected chi connectivity index (χ0v) is 18.0. The Labute approximate surface area is 171 Å². The molecule has 2 fully saturated rings. The van der Waals surface area contributed by atoms with E-state index in [0.717, 1.165) is 68.3 Å². The fourth-order valence-corrected chi connectivity index (χ4v) is 5.54. The molecule has 2 aliphatic carbocycles. The first-order chi connectivity index (χ1) is 13.1. The van der Waals surface area contributed by atoms with Crippen LogP contribution in [0.25, 0.3) is 0 Å². The second-order valence-electron chi connectivity index (χ2n) is 7.79. The Morgan fingerprint density at radius 3 is 2.81 bits per heavy atom. The Morgan fingerprint density at radius 1 is 1.33 bits per heavy atom. The molecule has 2 saturated carbocycles. The molecule has 150 valence electrons. The van der Waals surface area contributed by atoms with Gasteiger partial charge in [-0.2, -0.15) is 0 Å². The maximum atomic E-state index is 12.2. The van der Waals surface area contributed by atoms with Crippen molar-refractivity contribution in [1.82, 2.24) is 10.6 Å². The normalized spacial score (nSPS) is 25.7. The van der Waals surface area contributed by atoms with Gasteiger partial charge in [-0.15, -0.1) is 0 Å². The minimum absolute atomic E-state index is 0.145. The predicted octanol–water partition coefficient (Wildman–Crippen LogP) is 4.01. The molecule has 0 aromatic heterocycles. The molecule has 0 spiro atoms. The van der Waals surface area contributed by atoms with Gasteiger partial charge >= 0.3 is 0 Å². The van der Waals surface area contributed by atoms with Crippen molar-refractivity contribution in [3.8, 4) is 0 Å². The SMILES string of the molecule is CCNC(=NCC1(c2cccc(Cl)c2)CC1)NC1CCCC(S(=O)CC)C1. The molecule has 0 radical (unpaired) electrons. The monoisotopic (exact) mass is 409 g/mol. The van der Waals surface area contributed by atoms with Crippen LogP contribution >= 0.6 is 11.6 Å². The molecule has 0 aliphatic heterocycles. The summed E-state index contributed by atoms with van der Waals surface area (Å²) in [6.07, 6.45) is 6.66. The van der Waals surface area contributed by atoms with Crippen LogP contribution in [-0.2, 0) is 16.2 Å². The molecular formula is C21H32ClN3OS. The number of nitrogens with one attached hydrogen (secondary N) is 2. The first kappa shape index (κ1) is 20.7. The van der Waals surface area contributed by atoms with Crippen LogP contribution in [-0.4, -0.2) is 40.3 Å². The van der Waals surface area contributed by atoms with E-state index < -0.39 is 10.8 Å². The summed E-state index contributed by atoms with van der Waals surface area (Å²) in [6, 6.07) is 8.56. The number of benzene rings is 1. The van der Waals surface area contributed by atoms with Gasteiger partial charge in [0.05, 0.1) is 6.54 Å². The van der Waals surface area contributed by atoms with E-state index in [-0.39, 0.29) is 5.41 Å². The van der Waals surface area contributed by atoms with Crippen molar-refractivity contribution in [2.75, 3.05) is 18.8 Å². The topological polar surface area (TPSA) is 53.5 Å². The molecule has 0 amide bonds. The smallest absolute Gasteiger partial charge is 0.191 e. The van der Waals surface area contributed by atoms with Gasteiger partial charge in [-0.1, -0.05) is 37.1 Å². The van der Waals surface area contributed by atoms with Gasteiger partial charge in [0.25, 0.3) is 0 Å². The summed E-state index contributed by atoms with van der Waals surface area (Å²) in [5.74, 6) is 1.65. The molecule has 0 saturated heterocycles. The van der Waals surface area contributed by atoms with Crippen LogP contribution < -0.4 is 10.6 Å². The number of hydrogen-bond donors (Lipinski definition) is 2. The van der Waals surface area contributed by atoms with Crippen LogP contribution in [0.15, 0.2) is 29.3 Å². The molecule has 27 heavy (non-hydrogen) atoms. The average molecular weight is 410 g/mol. The largest absolute Gasteiger partial charge is 0.357 e. The highest BCUT2D eigenvalue weighted by atomic mass is 35.5. The van der Waals surface area contributed by atoms with Gasteiger partial charge in [-0.3, -0.25) is 9.20 Å². The van der Waals surface area contributed by atoms with E-state index in [1.165, 1.54) is 5.56 Å². The van der Waals surface area contributed by atoms with Gasteiger partial charge < -0.3 is 10.6 Å². The molecule has 3 rings (SSSR count). The number of aliphatic imine (C=N–C) groups is 1. The third-order valence-electron chi connectivity index (χ3n) is 5.80. The summed E-state index contributed by atoms with van der Waals surface area (Å²) < 4.78 is 12.2. The average Bonchev–Trinajstić information content (AvgIpc) is 3.47. The van der Waals surface area contributed by atoms with Gasteiger partial charge in [-0.05, 0) is 56.7 Å². The Balaban J connectivity index is 1.64. The van der Waals surface area contributed by atoms with Crippen molar-refractivity contribution in [3.63, 3.8) is 0 Å². The summed E-state index contributed by atoms with van der Waals surface area (Å²) in [5.41, 5.74) is 1.44. The maximum absolute atomic E-state index is 12.2. The molecule has 0 heterocycles. The Kier molecular flexibility index (Phi) is 7.21. The fourth-order valence-electron chi connectivity index (χ4n) is 4.00. The van der Waals surface area contributed by atoms with Crippen molar-refractivity contribution in [2.24, 2.45) is 4.99 Å². The van der Waals surface area contributed by atoms with Crippen LogP contribution in [0.3, 0.4) is 0 Å². The van der Waals surface area contributed by atoms with Crippen molar-refractivity contribution >= 4 is 28.4 Å². The van der Waals surface area contributed by atoms with E-state index >= 15 is 0 Å². The number of rotatable bonds is 7. The minimum Gasteiger partial charge on any atom is -0.357 e. The maximum Gasteiger partial charge on any atom is 0.191 e. The lowest BCUT2D eigenvalue weighted by atomic mass is 9.95. The molecule has 2 aliphatic rings. The molecule has 1 aromatic carbocycles. The van der Waals surface area contributed by atoms with Crippen molar-refractivity contribution in [2.45, 2.75) is 69.1 Å². The molecule has 1 aromatic rings. The predicted molar refractivity (Wildman–Crippen MR) is 116 cm³/mol. The minimum atomic E-state index is -0.700. The van der Waals surface area contributed by atoms with Gasteiger partial charge in [0.15, 0.2) is 5.96 Å². The van der Waals surface area contributed by atoms with Crippen LogP contribution in [0, 0.1) is 0 Å². The number of guanidine groups is 1. The third-order valence-corrected chi connectivity index (χ3v) is 7.77. The summed E-state index contributed by atoms with van der Waals surface area (Å²) in [6.45, 7) is 5.73. The quantitative estimate of drug-likeness (QED) is 0.528. The van der Waals surface area contributed by atoms with Gasteiger partial charge in [0.1, 0.15) is 0 Å². The zero-order valence-electron chi connectivity index (χ0n) is 16.5. The Morgan fingerprint density at radius 2 is 2.15 bits per heavy atom. The molecule has 3 unspecified atom stereocenters. The highest BCUT2D eigenvalue weighted by Gasteiger charge is 2.44. The van der Waals surface area contributed by atoms with E-state index in [2.05, 4.69) is 29.7 Å². The molecule has 3 atom stereocenters. The summed E-state index contributed by atoms with van der Waals surface area (Å²) in [4.78, 5) is 4.91. The summed E-state index contributed by atoms with van der Waals surface area (Å²) in [5, 5.41) is 8.12. The highest BCUT2D eigenvalue weighted by Crippen LogP contribution is 2.48. The van der Waals surface area contributed by atoms with Gasteiger partial charge in [0, 0.05) is 44.8 Å². The number of hydrogen-bond acceptors (Lipinski definition) is 2. The van der Waals surface area contributed by atoms with Crippen LogP contribution in [0.4, 0.5) is 0 Å². The molecule has 0 bridgehead atoms. The second kappa shape index (κ2) is 9.42. The highest BCUT2D eigenvalue weighted by molar-refractivity contribution is 7.85. The first-order valence-corrected chi connectivity index (χ1v) is 12.0. The molecule has 4 nitrogen and oxygen atoms in total. The van der Waals surface area contributed by atoms with E-state index in [0.29, 0.717) is 11.3 Å². The zero-order chi connectivity index (χ0) is 19.3. The Hall–Kier alpha value is -1.07. The lowest BCUT2D eigenvalue weighted by molar-refractivity contribution is 0.413. The summed E-state index contributed by atoms with van der Waals surface area (Å²) >= 11 is 6.19. The van der Waals surface area contributed by atoms with Crippen molar-refractivity contribution in [1.29, 1.82) is 0 Å². The second-order valence-corrected chi connectivity index (χ2v) is 10.2.